The van der Waals surface area contributed by atoms with Gasteiger partial charge in [0.2, 0.25) is 0 Å². The number of halogens is 2. The molecular formula is C10H10Cl2N2O. The van der Waals surface area contributed by atoms with Crippen molar-refractivity contribution in [2.45, 2.75) is 6.04 Å². The van der Waals surface area contributed by atoms with Crippen LogP contribution in [0.1, 0.15) is 10.4 Å². The van der Waals surface area contributed by atoms with Crippen molar-refractivity contribution in [2.24, 2.45) is 5.73 Å². The third-order valence-electron chi connectivity index (χ3n) is 2.36. The minimum absolute atomic E-state index is 0.0897. The molecule has 1 heterocycles. The van der Waals surface area contributed by atoms with E-state index >= 15 is 0 Å². The van der Waals surface area contributed by atoms with Crippen molar-refractivity contribution in [1.29, 1.82) is 0 Å². The lowest BCUT2D eigenvalue weighted by atomic mass is 10.1. The minimum atomic E-state index is -0.107. The quantitative estimate of drug-likeness (QED) is 0.819. The first-order chi connectivity index (χ1) is 7.08. The average molecular weight is 245 g/mol. The Morgan fingerprint density at radius 1 is 1.40 bits per heavy atom. The third kappa shape index (κ3) is 2.09. The number of hydrogen-bond donors (Lipinski definition) is 1. The molecule has 0 saturated carbocycles. The molecule has 1 aromatic rings. The van der Waals surface area contributed by atoms with Gasteiger partial charge in [-0.15, -0.1) is 0 Å². The van der Waals surface area contributed by atoms with Crippen LogP contribution in [0.25, 0.3) is 0 Å². The fourth-order valence-corrected chi connectivity index (χ4v) is 1.88. The molecule has 2 rings (SSSR count). The standard InChI is InChI=1S/C10H10Cl2N2O/c11-6-1-2-9(12)8(3-6)10(15)14-4-7(13)5-14/h1-3,7H,4-5,13H2. The highest BCUT2D eigenvalue weighted by atomic mass is 35.5. The summed E-state index contributed by atoms with van der Waals surface area (Å²) in [5.74, 6) is -0.107. The zero-order valence-electron chi connectivity index (χ0n) is 7.91. The molecule has 1 fully saturated rings. The summed E-state index contributed by atoms with van der Waals surface area (Å²) in [7, 11) is 0. The van der Waals surface area contributed by atoms with Crippen molar-refractivity contribution in [2.75, 3.05) is 13.1 Å². The predicted molar refractivity (Wildman–Crippen MR) is 60.3 cm³/mol. The van der Waals surface area contributed by atoms with Crippen molar-refractivity contribution in [3.8, 4) is 0 Å². The van der Waals surface area contributed by atoms with Gasteiger partial charge in [-0.2, -0.15) is 0 Å². The second-order valence-corrected chi connectivity index (χ2v) is 4.44. The number of rotatable bonds is 1. The number of nitrogens with two attached hydrogens (primary N) is 1. The number of likely N-dealkylation sites (tertiary alicyclic amines) is 1. The number of benzene rings is 1. The summed E-state index contributed by atoms with van der Waals surface area (Å²) in [6.45, 7) is 1.17. The third-order valence-corrected chi connectivity index (χ3v) is 2.92. The summed E-state index contributed by atoms with van der Waals surface area (Å²) < 4.78 is 0. The zero-order valence-corrected chi connectivity index (χ0v) is 9.42. The van der Waals surface area contributed by atoms with E-state index in [1.807, 2.05) is 0 Å². The van der Waals surface area contributed by atoms with Crippen molar-refractivity contribution in [1.82, 2.24) is 4.90 Å². The summed E-state index contributed by atoms with van der Waals surface area (Å²) in [5.41, 5.74) is 6.04. The molecule has 80 valence electrons. The summed E-state index contributed by atoms with van der Waals surface area (Å²) in [6.07, 6.45) is 0. The van der Waals surface area contributed by atoms with Crippen LogP contribution in [0.2, 0.25) is 10.0 Å². The van der Waals surface area contributed by atoms with Gasteiger partial charge in [-0.05, 0) is 18.2 Å². The molecule has 0 radical (unpaired) electrons. The monoisotopic (exact) mass is 244 g/mol. The van der Waals surface area contributed by atoms with E-state index < -0.39 is 0 Å². The molecule has 0 unspecified atom stereocenters. The first-order valence-electron chi connectivity index (χ1n) is 4.58. The molecule has 15 heavy (non-hydrogen) atoms. The Balaban J connectivity index is 2.22. The largest absolute Gasteiger partial charge is 0.335 e. The molecule has 2 N–H and O–H groups in total. The van der Waals surface area contributed by atoms with E-state index in [0.29, 0.717) is 28.7 Å². The fraction of sp³-hybridized carbons (Fsp3) is 0.300. The lowest BCUT2D eigenvalue weighted by Gasteiger charge is -2.37. The summed E-state index contributed by atoms with van der Waals surface area (Å²) in [5, 5.41) is 0.928. The van der Waals surface area contributed by atoms with Crippen LogP contribution in [0.3, 0.4) is 0 Å². The molecule has 1 aliphatic heterocycles. The molecule has 0 bridgehead atoms. The van der Waals surface area contributed by atoms with Crippen molar-refractivity contribution in [3.63, 3.8) is 0 Å². The van der Waals surface area contributed by atoms with Crippen LogP contribution in [-0.2, 0) is 0 Å². The minimum Gasteiger partial charge on any atom is -0.335 e. The van der Waals surface area contributed by atoms with Gasteiger partial charge in [0.05, 0.1) is 10.6 Å². The Morgan fingerprint density at radius 3 is 2.67 bits per heavy atom. The smallest absolute Gasteiger partial charge is 0.255 e. The van der Waals surface area contributed by atoms with E-state index in [4.69, 9.17) is 28.9 Å². The highest BCUT2D eigenvalue weighted by Crippen LogP contribution is 2.23. The van der Waals surface area contributed by atoms with Gasteiger partial charge in [0.1, 0.15) is 0 Å². The highest BCUT2D eigenvalue weighted by Gasteiger charge is 2.29. The maximum atomic E-state index is 11.9. The Hall–Kier alpha value is -0.770. The first-order valence-corrected chi connectivity index (χ1v) is 5.33. The summed E-state index contributed by atoms with van der Waals surface area (Å²) in [6, 6.07) is 4.95. The Morgan fingerprint density at radius 2 is 2.07 bits per heavy atom. The van der Waals surface area contributed by atoms with Crippen LogP contribution in [0.15, 0.2) is 18.2 Å². The van der Waals surface area contributed by atoms with Gasteiger partial charge in [0, 0.05) is 24.2 Å². The number of amides is 1. The van der Waals surface area contributed by atoms with Crippen molar-refractivity contribution >= 4 is 29.1 Å². The fourth-order valence-electron chi connectivity index (χ4n) is 1.51. The van der Waals surface area contributed by atoms with Gasteiger partial charge in [0.25, 0.3) is 5.91 Å². The Bertz CT molecular complexity index is 402. The molecule has 0 aliphatic carbocycles. The molecule has 1 aliphatic rings. The molecular weight excluding hydrogens is 235 g/mol. The molecule has 3 nitrogen and oxygen atoms in total. The first kappa shape index (κ1) is 10.7. The number of carbonyl (C=O) groups is 1. The molecule has 5 heteroatoms. The van der Waals surface area contributed by atoms with E-state index in [-0.39, 0.29) is 11.9 Å². The van der Waals surface area contributed by atoms with Crippen LogP contribution in [-0.4, -0.2) is 29.9 Å². The van der Waals surface area contributed by atoms with Crippen LogP contribution in [0, 0.1) is 0 Å². The molecule has 1 saturated heterocycles. The lowest BCUT2D eigenvalue weighted by molar-refractivity contribution is 0.0608. The normalized spacial score (nSPS) is 16.3. The summed E-state index contributed by atoms with van der Waals surface area (Å²) in [4.78, 5) is 13.5. The lowest BCUT2D eigenvalue weighted by Crippen LogP contribution is -2.57. The van der Waals surface area contributed by atoms with E-state index in [1.165, 1.54) is 0 Å². The van der Waals surface area contributed by atoms with Gasteiger partial charge < -0.3 is 10.6 Å². The van der Waals surface area contributed by atoms with Crippen molar-refractivity contribution in [3.05, 3.63) is 33.8 Å². The summed E-state index contributed by atoms with van der Waals surface area (Å²) >= 11 is 11.7. The topological polar surface area (TPSA) is 46.3 Å². The van der Waals surface area contributed by atoms with E-state index in [9.17, 15) is 4.79 Å². The van der Waals surface area contributed by atoms with Crippen molar-refractivity contribution < 1.29 is 4.79 Å². The second-order valence-electron chi connectivity index (χ2n) is 3.59. The van der Waals surface area contributed by atoms with Gasteiger partial charge in [0.15, 0.2) is 0 Å². The molecule has 0 atom stereocenters. The van der Waals surface area contributed by atoms with Crippen LogP contribution < -0.4 is 5.73 Å². The molecule has 1 aromatic carbocycles. The zero-order chi connectivity index (χ0) is 11.0. The van der Waals surface area contributed by atoms with E-state index in [1.54, 1.807) is 23.1 Å². The molecule has 0 spiro atoms. The van der Waals surface area contributed by atoms with E-state index in [0.717, 1.165) is 0 Å². The van der Waals surface area contributed by atoms with E-state index in [2.05, 4.69) is 0 Å². The molecule has 0 aromatic heterocycles. The van der Waals surface area contributed by atoms with Gasteiger partial charge >= 0.3 is 0 Å². The highest BCUT2D eigenvalue weighted by molar-refractivity contribution is 6.35. The molecule has 1 amide bonds. The van der Waals surface area contributed by atoms with Crippen LogP contribution >= 0.6 is 23.2 Å². The number of hydrogen-bond acceptors (Lipinski definition) is 2. The van der Waals surface area contributed by atoms with Gasteiger partial charge in [-0.25, -0.2) is 0 Å². The van der Waals surface area contributed by atoms with Gasteiger partial charge in [-0.1, -0.05) is 23.2 Å². The van der Waals surface area contributed by atoms with Crippen LogP contribution in [0.5, 0.6) is 0 Å². The average Bonchev–Trinajstić information content (AvgIpc) is 2.16. The van der Waals surface area contributed by atoms with Gasteiger partial charge in [-0.3, -0.25) is 4.79 Å². The maximum Gasteiger partial charge on any atom is 0.255 e. The SMILES string of the molecule is NC1CN(C(=O)c2cc(Cl)ccc2Cl)C1. The Labute approximate surface area is 97.8 Å². The number of nitrogens with zero attached hydrogens (tertiary/aromatic N) is 1. The second kappa shape index (κ2) is 4.00. The number of carbonyl (C=O) groups excluding carboxylic acids is 1. The maximum absolute atomic E-state index is 11.9. The Kier molecular flexibility index (Phi) is 2.87. The predicted octanol–water partition coefficient (Wildman–Crippen LogP) is 1.78. The van der Waals surface area contributed by atoms with Crippen LogP contribution in [0.4, 0.5) is 0 Å².